The third-order valence-electron chi connectivity index (χ3n) is 5.08. The van der Waals surface area contributed by atoms with E-state index in [0.29, 0.717) is 18.8 Å². The number of ether oxygens (including phenoxy) is 1. The molecule has 6 heteroatoms. The number of amides is 2. The molecule has 0 radical (unpaired) electrons. The maximum Gasteiger partial charge on any atom is 0.319 e. The van der Waals surface area contributed by atoms with Gasteiger partial charge in [-0.25, -0.2) is 9.78 Å². The highest BCUT2D eigenvalue weighted by Crippen LogP contribution is 2.24. The highest BCUT2D eigenvalue weighted by Gasteiger charge is 2.06. The van der Waals surface area contributed by atoms with Gasteiger partial charge >= 0.3 is 6.03 Å². The van der Waals surface area contributed by atoms with Crippen molar-refractivity contribution < 1.29 is 20.0 Å². The third kappa shape index (κ3) is 6.92. The molecule has 4 N–H and O–H groups in total. The van der Waals surface area contributed by atoms with Crippen LogP contribution in [-0.2, 0) is 13.0 Å². The van der Waals surface area contributed by atoms with Crippen LogP contribution in [0.4, 0.5) is 10.5 Å². The minimum atomic E-state index is -0.250. The Morgan fingerprint density at radius 3 is 2.36 bits per heavy atom. The lowest BCUT2D eigenvalue weighted by atomic mass is 9.98. The summed E-state index contributed by atoms with van der Waals surface area (Å²) in [4.78, 5) is 15.1. The number of hydrogen-bond donors (Lipinski definition) is 2. The van der Waals surface area contributed by atoms with Gasteiger partial charge in [-0.15, -0.1) is 0 Å². The summed E-state index contributed by atoms with van der Waals surface area (Å²) in [6.45, 7) is 1.03. The first-order valence-electron chi connectivity index (χ1n) is 10.6. The van der Waals surface area contributed by atoms with Crippen molar-refractivity contribution in [2.24, 2.45) is 0 Å². The second kappa shape index (κ2) is 12.0. The molecule has 33 heavy (non-hydrogen) atoms. The predicted octanol–water partition coefficient (Wildman–Crippen LogP) is 4.93. The number of benzene rings is 3. The van der Waals surface area contributed by atoms with Gasteiger partial charge in [0.25, 0.3) is 0 Å². The van der Waals surface area contributed by atoms with Gasteiger partial charge in [-0.1, -0.05) is 54.6 Å². The molecule has 0 spiro atoms. The summed E-state index contributed by atoms with van der Waals surface area (Å²) in [6, 6.07) is 29.8. The van der Waals surface area contributed by atoms with Gasteiger partial charge in [0.05, 0.1) is 13.2 Å². The van der Waals surface area contributed by atoms with E-state index in [9.17, 15) is 4.79 Å². The highest BCUT2D eigenvalue weighted by molar-refractivity contribution is 5.89. The molecule has 1 aromatic heterocycles. The Bertz CT molecular complexity index is 1130. The van der Waals surface area contributed by atoms with E-state index in [1.165, 1.54) is 16.7 Å². The molecule has 0 fully saturated rings. The van der Waals surface area contributed by atoms with Crippen LogP contribution in [0.2, 0.25) is 0 Å². The van der Waals surface area contributed by atoms with Gasteiger partial charge in [0.2, 0.25) is 0 Å². The number of aromatic amines is 1. The molecule has 0 bridgehead atoms. The van der Waals surface area contributed by atoms with Crippen molar-refractivity contribution in [1.29, 1.82) is 0 Å². The van der Waals surface area contributed by atoms with Crippen LogP contribution in [0.5, 0.6) is 5.75 Å². The topological polar surface area (TPSA) is 94.5 Å². The molecule has 0 saturated heterocycles. The number of hydrogen-bond acceptors (Lipinski definition) is 3. The monoisotopic (exact) mass is 441 g/mol. The number of carbonyl (C=O) groups is 1. The summed E-state index contributed by atoms with van der Waals surface area (Å²) >= 11 is 0. The fourth-order valence-electron chi connectivity index (χ4n) is 3.45. The van der Waals surface area contributed by atoms with Crippen molar-refractivity contribution in [1.82, 2.24) is 5.32 Å². The van der Waals surface area contributed by atoms with Crippen LogP contribution in [0.15, 0.2) is 103 Å². The first-order chi connectivity index (χ1) is 15.8. The predicted molar refractivity (Wildman–Crippen MR) is 128 cm³/mol. The number of pyridine rings is 1. The Morgan fingerprint density at radius 1 is 0.848 bits per heavy atom. The van der Waals surface area contributed by atoms with Gasteiger partial charge in [-0.05, 0) is 47.0 Å². The lowest BCUT2D eigenvalue weighted by Crippen LogP contribution is -2.28. The molecule has 168 valence electrons. The number of aromatic nitrogens is 1. The second-order valence-electron chi connectivity index (χ2n) is 7.37. The van der Waals surface area contributed by atoms with Crippen molar-refractivity contribution in [2.75, 3.05) is 11.9 Å². The molecule has 2 amide bonds. The molecule has 3 aromatic carbocycles. The maximum absolute atomic E-state index is 12.1. The van der Waals surface area contributed by atoms with Crippen molar-refractivity contribution >= 4 is 11.7 Å². The Kier molecular flexibility index (Phi) is 8.56. The minimum absolute atomic E-state index is 0. The van der Waals surface area contributed by atoms with E-state index in [4.69, 9.17) is 4.74 Å². The van der Waals surface area contributed by atoms with Crippen LogP contribution in [0.25, 0.3) is 11.1 Å². The number of nitrogens with one attached hydrogen (secondary N) is 3. The summed E-state index contributed by atoms with van der Waals surface area (Å²) in [5.41, 5.74) is 5.41. The van der Waals surface area contributed by atoms with Crippen LogP contribution in [0.1, 0.15) is 11.1 Å². The van der Waals surface area contributed by atoms with Gasteiger partial charge in [0.15, 0.2) is 12.4 Å². The molecular formula is C27H27N3O3. The molecule has 0 aliphatic heterocycles. The van der Waals surface area contributed by atoms with Crippen LogP contribution >= 0.6 is 0 Å². The largest absolute Gasteiger partial charge is 0.870 e. The standard InChI is InChI=1S/C27H25N3O2.H2O/c31-27(29-20-21-7-6-17-28-19-21)30-24-12-14-25(15-13-24)32-18-16-23-10-4-5-11-26(23)22-8-2-1-3-9-22;/h1-15,17,19H,16,18,20H2,(H2,29,30,31);1H2. The average Bonchev–Trinajstić information content (AvgIpc) is 2.85. The zero-order valence-corrected chi connectivity index (χ0v) is 18.2. The zero-order chi connectivity index (χ0) is 22.0. The van der Waals surface area contributed by atoms with E-state index in [1.54, 1.807) is 0 Å². The van der Waals surface area contributed by atoms with Crippen LogP contribution < -0.4 is 20.4 Å². The van der Waals surface area contributed by atoms with Crippen LogP contribution in [0, 0.1) is 0 Å². The van der Waals surface area contributed by atoms with E-state index in [-0.39, 0.29) is 11.5 Å². The zero-order valence-electron chi connectivity index (χ0n) is 18.2. The summed E-state index contributed by atoms with van der Waals surface area (Å²) in [5, 5.41) is 5.66. The van der Waals surface area contributed by atoms with Gasteiger partial charge in [0, 0.05) is 23.7 Å². The molecule has 0 aliphatic carbocycles. The molecule has 4 aromatic rings. The minimum Gasteiger partial charge on any atom is -0.870 e. The molecule has 4 rings (SSSR count). The summed E-state index contributed by atoms with van der Waals surface area (Å²) in [5.74, 6) is 0.771. The Morgan fingerprint density at radius 2 is 1.61 bits per heavy atom. The van der Waals surface area contributed by atoms with E-state index in [1.807, 2.05) is 54.9 Å². The van der Waals surface area contributed by atoms with E-state index in [0.717, 1.165) is 17.7 Å². The third-order valence-corrected chi connectivity index (χ3v) is 5.08. The smallest absolute Gasteiger partial charge is 0.319 e. The van der Waals surface area contributed by atoms with Gasteiger partial charge in [0.1, 0.15) is 5.75 Å². The normalized spacial score (nSPS) is 10.1. The fourth-order valence-corrected chi connectivity index (χ4v) is 3.45. The molecular weight excluding hydrogens is 414 g/mol. The highest BCUT2D eigenvalue weighted by atomic mass is 16.5. The molecule has 0 unspecified atom stereocenters. The maximum atomic E-state index is 12.1. The van der Waals surface area contributed by atoms with Gasteiger partial charge < -0.3 is 20.8 Å². The average molecular weight is 442 g/mol. The van der Waals surface area contributed by atoms with Crippen LogP contribution in [-0.4, -0.2) is 18.1 Å². The Labute approximate surface area is 193 Å². The van der Waals surface area contributed by atoms with Crippen molar-refractivity contribution in [3.63, 3.8) is 0 Å². The number of rotatable bonds is 8. The number of urea groups is 1. The van der Waals surface area contributed by atoms with E-state index >= 15 is 0 Å². The Hall–Kier alpha value is -4.16. The van der Waals surface area contributed by atoms with E-state index < -0.39 is 0 Å². The molecule has 0 aliphatic rings. The summed E-state index contributed by atoms with van der Waals surface area (Å²) < 4.78 is 5.93. The number of anilines is 1. The fraction of sp³-hybridized carbons (Fsp3) is 0.111. The second-order valence-corrected chi connectivity index (χ2v) is 7.37. The van der Waals surface area contributed by atoms with Gasteiger partial charge in [-0.3, -0.25) is 0 Å². The first-order valence-corrected chi connectivity index (χ1v) is 10.6. The SMILES string of the molecule is O=C(NCc1ccc[nH+]c1)Nc1ccc(OCCc2ccccc2-c2ccccc2)cc1.[OH-]. The Balaban J connectivity index is 0.00000306. The van der Waals surface area contributed by atoms with Crippen molar-refractivity contribution in [3.05, 3.63) is 115 Å². The lowest BCUT2D eigenvalue weighted by Gasteiger charge is -2.12. The van der Waals surface area contributed by atoms with E-state index in [2.05, 4.69) is 64.1 Å². The first kappa shape index (κ1) is 23.5. The number of carbonyl (C=O) groups excluding carboxylic acids is 1. The van der Waals surface area contributed by atoms with Crippen molar-refractivity contribution in [3.8, 4) is 16.9 Å². The lowest BCUT2D eigenvalue weighted by molar-refractivity contribution is -0.378. The molecule has 0 atom stereocenters. The molecule has 0 saturated carbocycles. The quantitative estimate of drug-likeness (QED) is 0.406. The van der Waals surface area contributed by atoms with Crippen molar-refractivity contribution in [2.45, 2.75) is 13.0 Å². The molecule has 1 heterocycles. The molecule has 6 nitrogen and oxygen atoms in total. The summed E-state index contributed by atoms with van der Waals surface area (Å²) in [7, 11) is 0. The van der Waals surface area contributed by atoms with Crippen LogP contribution in [0.3, 0.4) is 0 Å². The summed E-state index contributed by atoms with van der Waals surface area (Å²) in [6.07, 6.45) is 4.49. The number of H-pyrrole nitrogens is 1. The van der Waals surface area contributed by atoms with Gasteiger partial charge in [-0.2, -0.15) is 0 Å².